The van der Waals surface area contributed by atoms with Crippen molar-refractivity contribution in [3.05, 3.63) is 64.6 Å². The van der Waals surface area contributed by atoms with E-state index in [1.165, 1.54) is 308 Å². The molecule has 88 heavy (non-hydrogen) atoms. The fraction of sp³-hybridized carbons (Fsp3) is 0.790. The maximum atomic E-state index is 14.7. The van der Waals surface area contributed by atoms with Crippen LogP contribution in [0, 0.1) is 23.7 Å². The molecule has 2 aliphatic rings. The number of carbonyl (C=O) groups excluding carboxylic acids is 3. The average molecular weight is 1220 g/mol. The maximum Gasteiger partial charge on any atom is 0.238 e. The van der Waals surface area contributed by atoms with Gasteiger partial charge in [-0.2, -0.15) is 0 Å². The van der Waals surface area contributed by atoms with Gasteiger partial charge >= 0.3 is 0 Å². The maximum absolute atomic E-state index is 14.7. The van der Waals surface area contributed by atoms with Crippen molar-refractivity contribution in [3.8, 4) is 5.75 Å². The first-order valence-corrected chi connectivity index (χ1v) is 38.6. The number of rotatable bonds is 59. The zero-order chi connectivity index (χ0) is 63.8. The quantitative estimate of drug-likeness (QED) is 0.0381. The van der Waals surface area contributed by atoms with E-state index < -0.39 is 17.3 Å². The minimum Gasteiger partial charge on any atom is -0.507 e. The Balaban J connectivity index is 2.10. The number of aliphatic hydroxyl groups is 1. The fourth-order valence-corrected chi connectivity index (χ4v) is 14.3. The monoisotopic (exact) mass is 1220 g/mol. The molecule has 1 aromatic rings. The van der Waals surface area contributed by atoms with Crippen LogP contribution in [0.5, 0.6) is 5.75 Å². The number of phenols is 1. The molecular formula is C81H140N2O5. The molecule has 0 bridgehead atoms. The zero-order valence-electron chi connectivity index (χ0n) is 59.1. The number of nitrogens with zero attached hydrogens (tertiary/aromatic N) is 2. The molecular weight excluding hydrogens is 1080 g/mol. The van der Waals surface area contributed by atoms with Crippen molar-refractivity contribution in [1.82, 2.24) is 4.90 Å². The Morgan fingerprint density at radius 1 is 0.341 bits per heavy atom. The van der Waals surface area contributed by atoms with Crippen LogP contribution in [0.2, 0.25) is 0 Å². The van der Waals surface area contributed by atoms with Crippen LogP contribution in [0.3, 0.4) is 0 Å². The lowest BCUT2D eigenvalue weighted by Gasteiger charge is -2.35. The summed E-state index contributed by atoms with van der Waals surface area (Å²) in [5.41, 5.74) is 1.54. The molecule has 4 atom stereocenters. The van der Waals surface area contributed by atoms with E-state index in [9.17, 15) is 24.6 Å². The van der Waals surface area contributed by atoms with E-state index in [1.807, 2.05) is 12.1 Å². The molecule has 0 radical (unpaired) electrons. The molecule has 0 fully saturated rings. The van der Waals surface area contributed by atoms with Gasteiger partial charge in [-0.05, 0) is 99.3 Å². The number of carbonyl (C=O) groups is 3. The van der Waals surface area contributed by atoms with E-state index in [0.29, 0.717) is 23.7 Å². The number of phenolic OH excluding ortho intramolecular Hbond substituents is 1. The van der Waals surface area contributed by atoms with Crippen LogP contribution in [-0.2, 0) is 14.4 Å². The minimum absolute atomic E-state index is 0.0499. The van der Waals surface area contributed by atoms with E-state index in [-0.39, 0.29) is 33.8 Å². The predicted octanol–water partition coefficient (Wildman–Crippen LogP) is 24.6. The second-order valence-electron chi connectivity index (χ2n) is 28.0. The first kappa shape index (κ1) is 78.6. The summed E-state index contributed by atoms with van der Waals surface area (Å²) in [6, 6.07) is 5.55. The molecule has 3 rings (SSSR count). The normalized spacial score (nSPS) is 15.9. The van der Waals surface area contributed by atoms with Gasteiger partial charge in [-0.1, -0.05) is 312 Å². The van der Waals surface area contributed by atoms with Crippen LogP contribution >= 0.6 is 0 Å². The van der Waals surface area contributed by atoms with Crippen LogP contribution in [0.1, 0.15) is 369 Å². The molecule has 0 saturated carbocycles. The molecule has 7 nitrogen and oxygen atoms in total. The van der Waals surface area contributed by atoms with Gasteiger partial charge in [0.2, 0.25) is 11.6 Å². The van der Waals surface area contributed by atoms with Gasteiger partial charge in [0.1, 0.15) is 11.5 Å². The summed E-state index contributed by atoms with van der Waals surface area (Å²) < 4.78 is 0. The van der Waals surface area contributed by atoms with Crippen molar-refractivity contribution in [1.29, 1.82) is 0 Å². The number of hydrogen-bond donors (Lipinski definition) is 2. The number of allylic oxidation sites excluding steroid dienone is 6. The number of aromatic hydroxyl groups is 1. The van der Waals surface area contributed by atoms with E-state index in [2.05, 4.69) is 65.2 Å². The molecule has 2 N–H and O–H groups in total. The lowest BCUT2D eigenvalue weighted by atomic mass is 9.90. The Hall–Kier alpha value is -3.61. The molecule has 0 spiro atoms. The van der Waals surface area contributed by atoms with Gasteiger partial charge in [-0.25, -0.2) is 0 Å². The predicted molar refractivity (Wildman–Crippen MR) is 382 cm³/mol. The molecule has 1 aromatic carbocycles. The summed E-state index contributed by atoms with van der Waals surface area (Å²) in [5.74, 6) is -0.673. The second kappa shape index (κ2) is 51.0. The standard InChI is InChI=1S/C81H140N2O5/c1-9-17-25-33-37-45-53-67(49-41-29-21-13-5)63-82(64-68(50-42-30-22-14-6)54-46-38-34-26-18-10-2)71-57-59-73(75(84)61-71)77-79(86)78(81(88)80(77)87)74-60-58-72(62-76(74)85)83(65-69(51-43-31-23-15-7)55-47-39-35-27-19-11-3)66-70(52-44-32-24-16-8)56-48-40-36-28-20-12-4/h57-62,67-70,84,86H,9-56,63-66H2,1-8H3. The van der Waals surface area contributed by atoms with Gasteiger partial charge < -0.3 is 20.0 Å². The Kier molecular flexibility index (Phi) is 45.5. The van der Waals surface area contributed by atoms with Crippen molar-refractivity contribution in [3.63, 3.8) is 0 Å². The third kappa shape index (κ3) is 32.1. The highest BCUT2D eigenvalue weighted by Gasteiger charge is 2.41. The summed E-state index contributed by atoms with van der Waals surface area (Å²) in [6.45, 7) is 21.9. The first-order valence-electron chi connectivity index (χ1n) is 38.6. The third-order valence-corrected chi connectivity index (χ3v) is 20.0. The topological polar surface area (TPSA) is 98.2 Å². The zero-order valence-corrected chi connectivity index (χ0v) is 59.1. The van der Waals surface area contributed by atoms with Crippen molar-refractivity contribution in [2.24, 2.45) is 23.7 Å². The molecule has 2 aliphatic carbocycles. The SMILES string of the molecule is CCCCCCCCC(CCCCCC)CN(CC(CCCCCC)CCCCCCCC)C1=CC(=O)C(=C2C(=O)C(=O)C(c3ccc(N(CC(CCCCCC)CCCCCCCC)CC(CCCCCC)CCCCCCCC)cc3O)=C2O)C=C1. The molecule has 0 amide bonds. The fourth-order valence-electron chi connectivity index (χ4n) is 14.3. The number of Topliss-reactive ketones (excluding diaryl/α,β-unsaturated/α-hetero) is 2. The Morgan fingerprint density at radius 2 is 0.625 bits per heavy atom. The van der Waals surface area contributed by atoms with E-state index in [1.54, 1.807) is 24.3 Å². The molecule has 0 heterocycles. The Bertz CT molecular complexity index is 2050. The lowest BCUT2D eigenvalue weighted by molar-refractivity contribution is -0.130. The van der Waals surface area contributed by atoms with Crippen LogP contribution in [0.25, 0.3) is 5.57 Å². The summed E-state index contributed by atoms with van der Waals surface area (Å²) in [7, 11) is 0. The number of aliphatic hydroxyl groups excluding tert-OH is 1. The van der Waals surface area contributed by atoms with Gasteiger partial charge in [0.25, 0.3) is 0 Å². The first-order chi connectivity index (χ1) is 43.0. The van der Waals surface area contributed by atoms with Crippen LogP contribution in [0.4, 0.5) is 5.69 Å². The molecule has 7 heteroatoms. The number of unbranched alkanes of at least 4 members (excludes halogenated alkanes) is 32. The lowest BCUT2D eigenvalue weighted by Crippen LogP contribution is -2.34. The Labute approximate surface area is 544 Å². The third-order valence-electron chi connectivity index (χ3n) is 20.0. The number of benzene rings is 1. The van der Waals surface area contributed by atoms with Crippen molar-refractivity contribution in [2.75, 3.05) is 31.1 Å². The summed E-state index contributed by atoms with van der Waals surface area (Å²) in [5, 5.41) is 24.4. The van der Waals surface area contributed by atoms with Gasteiger partial charge in [0, 0.05) is 60.8 Å². The van der Waals surface area contributed by atoms with Gasteiger partial charge in [0.05, 0.1) is 11.1 Å². The van der Waals surface area contributed by atoms with E-state index in [4.69, 9.17) is 0 Å². The molecule has 0 saturated heterocycles. The highest BCUT2D eigenvalue weighted by molar-refractivity contribution is 6.63. The van der Waals surface area contributed by atoms with Crippen molar-refractivity contribution in [2.45, 2.75) is 364 Å². The summed E-state index contributed by atoms with van der Waals surface area (Å²) in [6.07, 6.45) is 65.5. The van der Waals surface area contributed by atoms with Crippen molar-refractivity contribution >= 4 is 28.6 Å². The van der Waals surface area contributed by atoms with E-state index >= 15 is 0 Å². The molecule has 4 unspecified atom stereocenters. The highest BCUT2D eigenvalue weighted by atomic mass is 16.3. The minimum atomic E-state index is -0.891. The molecule has 0 aliphatic heterocycles. The smallest absolute Gasteiger partial charge is 0.238 e. The van der Waals surface area contributed by atoms with Crippen LogP contribution in [0.15, 0.2) is 59.0 Å². The summed E-state index contributed by atoms with van der Waals surface area (Å²) >= 11 is 0. The van der Waals surface area contributed by atoms with Crippen LogP contribution < -0.4 is 4.90 Å². The average Bonchev–Trinajstić information content (AvgIpc) is 1.74. The summed E-state index contributed by atoms with van der Waals surface area (Å²) in [4.78, 5) is 48.4. The number of hydrogen-bond acceptors (Lipinski definition) is 7. The molecule has 504 valence electrons. The number of ketones is 3. The van der Waals surface area contributed by atoms with Gasteiger partial charge in [-0.3, -0.25) is 14.4 Å². The van der Waals surface area contributed by atoms with Crippen molar-refractivity contribution < 1.29 is 24.6 Å². The second-order valence-corrected chi connectivity index (χ2v) is 28.0. The largest absolute Gasteiger partial charge is 0.507 e. The van der Waals surface area contributed by atoms with Gasteiger partial charge in [-0.15, -0.1) is 0 Å². The number of anilines is 1. The Morgan fingerprint density at radius 3 is 0.932 bits per heavy atom. The van der Waals surface area contributed by atoms with E-state index in [0.717, 1.165) is 37.6 Å². The molecule has 0 aromatic heterocycles. The highest BCUT2D eigenvalue weighted by Crippen LogP contribution is 2.41. The van der Waals surface area contributed by atoms with Crippen LogP contribution in [-0.4, -0.2) is 58.6 Å². The van der Waals surface area contributed by atoms with Gasteiger partial charge in [0.15, 0.2) is 5.78 Å².